The molecule has 0 saturated heterocycles. The van der Waals surface area contributed by atoms with E-state index in [-0.39, 0.29) is 5.56 Å². The lowest BCUT2D eigenvalue weighted by molar-refractivity contribution is -0.136. The summed E-state index contributed by atoms with van der Waals surface area (Å²) in [4.78, 5) is 68.0. The summed E-state index contributed by atoms with van der Waals surface area (Å²) < 4.78 is 13.1. The lowest BCUT2D eigenvalue weighted by Crippen LogP contribution is -2.19. The molecule has 0 N–H and O–H groups in total. The van der Waals surface area contributed by atoms with Crippen molar-refractivity contribution < 1.29 is 43.0 Å². The maximum atomic E-state index is 11.9. The van der Waals surface area contributed by atoms with Crippen molar-refractivity contribution in [2.45, 2.75) is 20.8 Å². The smallest absolute Gasteiger partial charge is 0.346 e. The molecule has 9 heteroatoms. The third kappa shape index (κ3) is 5.13. The number of hydrogen-bond donors (Lipinski definition) is 0. The van der Waals surface area contributed by atoms with E-state index in [4.69, 9.17) is 0 Å². The van der Waals surface area contributed by atoms with E-state index in [1.165, 1.54) is 0 Å². The second-order valence-electron chi connectivity index (χ2n) is 4.40. The summed E-state index contributed by atoms with van der Waals surface area (Å²) in [6, 6.07) is 2.96. The highest BCUT2D eigenvalue weighted by Gasteiger charge is 2.24. The summed E-state index contributed by atoms with van der Waals surface area (Å²) in [6.45, 7) is 2.94. The molecule has 0 amide bonds. The fraction of sp³-hybridized carbons (Fsp3) is 0.200. The van der Waals surface area contributed by atoms with Gasteiger partial charge in [-0.3, -0.25) is 14.4 Å². The molecule has 126 valence electrons. The van der Waals surface area contributed by atoms with E-state index in [1.54, 1.807) is 0 Å². The molecule has 0 saturated carbocycles. The predicted octanol–water partition coefficient (Wildman–Crippen LogP) is 0.797. The first-order valence-electron chi connectivity index (χ1n) is 6.44. The number of ether oxygens (including phenoxy) is 3. The van der Waals surface area contributed by atoms with Gasteiger partial charge in [0.1, 0.15) is 0 Å². The van der Waals surface area contributed by atoms with Gasteiger partial charge in [0, 0.05) is 20.8 Å². The van der Waals surface area contributed by atoms with Gasteiger partial charge in [-0.05, 0) is 18.2 Å². The van der Waals surface area contributed by atoms with Crippen LogP contribution in [0.15, 0.2) is 18.2 Å². The molecule has 0 aliphatic rings. The zero-order valence-electron chi connectivity index (χ0n) is 12.9. The SMILES string of the molecule is CC(=O)OC(=O)c1ccc(C(=O)OC(C)=O)c(C(=O)OC(C)=O)c1. The molecule has 0 aliphatic carbocycles. The van der Waals surface area contributed by atoms with Crippen LogP contribution < -0.4 is 0 Å². The van der Waals surface area contributed by atoms with Gasteiger partial charge < -0.3 is 14.2 Å². The van der Waals surface area contributed by atoms with Crippen LogP contribution in [0.1, 0.15) is 51.8 Å². The average Bonchev–Trinajstić information content (AvgIpc) is 2.44. The van der Waals surface area contributed by atoms with Crippen LogP contribution in [0, 0.1) is 0 Å². The van der Waals surface area contributed by atoms with Gasteiger partial charge in [-0.1, -0.05) is 0 Å². The number of rotatable bonds is 3. The Labute approximate surface area is 135 Å². The quantitative estimate of drug-likeness (QED) is 0.446. The summed E-state index contributed by atoms with van der Waals surface area (Å²) in [6.07, 6.45) is 0. The molecule has 0 atom stereocenters. The molecule has 0 heterocycles. The van der Waals surface area contributed by atoms with E-state index < -0.39 is 46.9 Å². The highest BCUT2D eigenvalue weighted by Crippen LogP contribution is 2.16. The van der Waals surface area contributed by atoms with Crippen LogP contribution in [0.4, 0.5) is 0 Å². The molecule has 0 bridgehead atoms. The van der Waals surface area contributed by atoms with E-state index in [0.29, 0.717) is 0 Å². The Kier molecular flexibility index (Phi) is 6.05. The van der Waals surface area contributed by atoms with Crippen LogP contribution in [0.3, 0.4) is 0 Å². The molecule has 0 fully saturated rings. The van der Waals surface area contributed by atoms with Gasteiger partial charge in [0.25, 0.3) is 0 Å². The van der Waals surface area contributed by atoms with Gasteiger partial charge >= 0.3 is 35.8 Å². The average molecular weight is 336 g/mol. The van der Waals surface area contributed by atoms with Crippen molar-refractivity contribution in [1.29, 1.82) is 0 Å². The Bertz CT molecular complexity index is 745. The van der Waals surface area contributed by atoms with Crippen molar-refractivity contribution in [1.82, 2.24) is 0 Å². The van der Waals surface area contributed by atoms with Crippen LogP contribution in [0.25, 0.3) is 0 Å². The molecule has 0 aliphatic heterocycles. The lowest BCUT2D eigenvalue weighted by Gasteiger charge is -2.08. The van der Waals surface area contributed by atoms with E-state index in [0.717, 1.165) is 39.0 Å². The lowest BCUT2D eigenvalue weighted by atomic mass is 10.0. The van der Waals surface area contributed by atoms with Crippen molar-refractivity contribution in [3.05, 3.63) is 34.9 Å². The van der Waals surface area contributed by atoms with Crippen molar-refractivity contribution in [3.8, 4) is 0 Å². The zero-order chi connectivity index (χ0) is 18.4. The van der Waals surface area contributed by atoms with Crippen molar-refractivity contribution in [2.75, 3.05) is 0 Å². The molecule has 0 spiro atoms. The van der Waals surface area contributed by atoms with Crippen LogP contribution in [0.5, 0.6) is 0 Å². The largest absolute Gasteiger partial charge is 0.390 e. The standard InChI is InChI=1S/C15H12O9/c1-7(16)22-13(19)10-4-5-11(14(20)23-8(2)17)12(6-10)15(21)24-9(3)18/h4-6H,1-3H3. The zero-order valence-corrected chi connectivity index (χ0v) is 12.9. The van der Waals surface area contributed by atoms with Gasteiger partial charge in [-0.15, -0.1) is 0 Å². The third-order valence-corrected chi connectivity index (χ3v) is 2.40. The van der Waals surface area contributed by atoms with Gasteiger partial charge in [0.2, 0.25) is 0 Å². The van der Waals surface area contributed by atoms with Gasteiger partial charge in [-0.25, -0.2) is 14.4 Å². The summed E-state index contributed by atoms with van der Waals surface area (Å²) in [5.41, 5.74) is -1.16. The van der Waals surface area contributed by atoms with Gasteiger partial charge in [0.15, 0.2) is 0 Å². The first-order valence-corrected chi connectivity index (χ1v) is 6.44. The minimum Gasteiger partial charge on any atom is -0.390 e. The summed E-state index contributed by atoms with van der Waals surface area (Å²) in [7, 11) is 0. The number of hydrogen-bond acceptors (Lipinski definition) is 9. The normalized spacial score (nSPS) is 9.62. The molecule has 1 aromatic carbocycles. The molecule has 24 heavy (non-hydrogen) atoms. The Morgan fingerprint density at radius 3 is 1.50 bits per heavy atom. The van der Waals surface area contributed by atoms with Crippen LogP contribution in [-0.4, -0.2) is 35.8 Å². The highest BCUT2D eigenvalue weighted by atomic mass is 16.6. The number of carbonyl (C=O) groups is 6. The van der Waals surface area contributed by atoms with Crippen molar-refractivity contribution >= 4 is 35.8 Å². The summed E-state index contributed by atoms with van der Waals surface area (Å²) in [5.74, 6) is -6.26. The summed E-state index contributed by atoms with van der Waals surface area (Å²) >= 11 is 0. The van der Waals surface area contributed by atoms with E-state index in [1.807, 2.05) is 0 Å². The molecule has 0 unspecified atom stereocenters. The van der Waals surface area contributed by atoms with Gasteiger partial charge in [0.05, 0.1) is 16.7 Å². The minimum absolute atomic E-state index is 0.250. The molecule has 1 aromatic rings. The molecule has 9 nitrogen and oxygen atoms in total. The Morgan fingerprint density at radius 2 is 1.04 bits per heavy atom. The topological polar surface area (TPSA) is 130 Å². The highest BCUT2D eigenvalue weighted by molar-refractivity contribution is 6.09. The Balaban J connectivity index is 3.33. The Hall–Kier alpha value is -3.36. The maximum Gasteiger partial charge on any atom is 0.346 e. The monoisotopic (exact) mass is 336 g/mol. The van der Waals surface area contributed by atoms with Crippen molar-refractivity contribution in [2.24, 2.45) is 0 Å². The van der Waals surface area contributed by atoms with Crippen molar-refractivity contribution in [3.63, 3.8) is 0 Å². The number of benzene rings is 1. The molecule has 0 radical (unpaired) electrons. The Morgan fingerprint density at radius 1 is 0.625 bits per heavy atom. The van der Waals surface area contributed by atoms with Crippen LogP contribution in [0.2, 0.25) is 0 Å². The third-order valence-electron chi connectivity index (χ3n) is 2.40. The molecular formula is C15H12O9. The first kappa shape index (κ1) is 18.7. The van der Waals surface area contributed by atoms with Crippen LogP contribution >= 0.6 is 0 Å². The van der Waals surface area contributed by atoms with Crippen LogP contribution in [-0.2, 0) is 28.6 Å². The van der Waals surface area contributed by atoms with E-state index in [9.17, 15) is 28.8 Å². The number of carbonyl (C=O) groups excluding carboxylic acids is 6. The number of esters is 6. The molecule has 0 aromatic heterocycles. The fourth-order valence-electron chi connectivity index (χ4n) is 1.58. The predicted molar refractivity (Wildman–Crippen MR) is 74.7 cm³/mol. The molecule has 1 rings (SSSR count). The first-order chi connectivity index (χ1) is 11.1. The maximum absolute atomic E-state index is 11.9. The van der Waals surface area contributed by atoms with E-state index >= 15 is 0 Å². The second-order valence-corrected chi connectivity index (χ2v) is 4.40. The fourth-order valence-corrected chi connectivity index (χ4v) is 1.58. The minimum atomic E-state index is -1.24. The van der Waals surface area contributed by atoms with E-state index in [2.05, 4.69) is 14.2 Å². The second kappa shape index (κ2) is 7.77. The molecular weight excluding hydrogens is 324 g/mol. The van der Waals surface area contributed by atoms with Gasteiger partial charge in [-0.2, -0.15) is 0 Å². The summed E-state index contributed by atoms with van der Waals surface area (Å²) in [5, 5.41) is 0.